The van der Waals surface area contributed by atoms with Crippen LogP contribution in [0, 0.1) is 10.1 Å². The van der Waals surface area contributed by atoms with E-state index < -0.39 is 16.9 Å². The summed E-state index contributed by atoms with van der Waals surface area (Å²) in [5.74, 6) is -0.413. The van der Waals surface area contributed by atoms with Crippen LogP contribution in [-0.4, -0.2) is 35.0 Å². The fourth-order valence-electron chi connectivity index (χ4n) is 3.91. The number of non-ortho nitro benzene ring substituents is 1. The van der Waals surface area contributed by atoms with E-state index in [9.17, 15) is 19.7 Å². The molecule has 8 nitrogen and oxygen atoms in total. The van der Waals surface area contributed by atoms with Gasteiger partial charge in [0.05, 0.1) is 28.0 Å². The average molecular weight is 422 g/mol. The first-order valence-electron chi connectivity index (χ1n) is 10.1. The number of carbonyl (C=O) groups excluding carboxylic acids is 1. The predicted molar refractivity (Wildman–Crippen MR) is 114 cm³/mol. The van der Waals surface area contributed by atoms with Crippen LogP contribution in [-0.2, 0) is 4.74 Å². The molecule has 1 amide bonds. The Balaban J connectivity index is 1.83. The fraction of sp³-hybridized carbons (Fsp3) is 0.304. The molecule has 1 aliphatic heterocycles. The molecule has 0 radical (unpaired) electrons. The summed E-state index contributed by atoms with van der Waals surface area (Å²) in [4.78, 5) is 38.9. The molecule has 0 saturated heterocycles. The Morgan fingerprint density at radius 2 is 1.94 bits per heavy atom. The van der Waals surface area contributed by atoms with Crippen molar-refractivity contribution in [2.45, 2.75) is 32.4 Å². The predicted octanol–water partition coefficient (Wildman–Crippen LogP) is 4.06. The normalized spacial score (nSPS) is 15.6. The maximum atomic E-state index is 13.3. The molecule has 0 saturated carbocycles. The zero-order valence-electron chi connectivity index (χ0n) is 17.2. The van der Waals surface area contributed by atoms with Gasteiger partial charge in [0.15, 0.2) is 5.43 Å². The smallest absolute Gasteiger partial charge is 0.290 e. The van der Waals surface area contributed by atoms with Gasteiger partial charge < -0.3 is 14.1 Å². The first-order chi connectivity index (χ1) is 14.9. The van der Waals surface area contributed by atoms with Crippen molar-refractivity contribution in [2.75, 3.05) is 13.2 Å². The van der Waals surface area contributed by atoms with E-state index in [1.807, 2.05) is 13.8 Å². The summed E-state index contributed by atoms with van der Waals surface area (Å²) in [5.41, 5.74) is 0.638. The molecule has 3 aromatic rings. The van der Waals surface area contributed by atoms with Crippen molar-refractivity contribution in [1.82, 2.24) is 4.90 Å². The molecule has 0 bridgehead atoms. The summed E-state index contributed by atoms with van der Waals surface area (Å²) in [7, 11) is 0. The molecule has 0 unspecified atom stereocenters. The highest BCUT2D eigenvalue weighted by Gasteiger charge is 2.42. The van der Waals surface area contributed by atoms with Crippen LogP contribution in [0.4, 0.5) is 5.69 Å². The Labute approximate surface area is 178 Å². The van der Waals surface area contributed by atoms with Crippen molar-refractivity contribution in [3.8, 4) is 0 Å². The highest BCUT2D eigenvalue weighted by molar-refractivity contribution is 5.99. The van der Waals surface area contributed by atoms with Crippen LogP contribution in [0.2, 0.25) is 0 Å². The van der Waals surface area contributed by atoms with E-state index >= 15 is 0 Å². The van der Waals surface area contributed by atoms with Crippen molar-refractivity contribution < 1.29 is 18.9 Å². The second-order valence-electron chi connectivity index (χ2n) is 7.70. The number of amides is 1. The second-order valence-corrected chi connectivity index (χ2v) is 7.70. The first-order valence-corrected chi connectivity index (χ1v) is 10.1. The number of fused-ring (bicyclic) bond motifs is 2. The van der Waals surface area contributed by atoms with Gasteiger partial charge >= 0.3 is 0 Å². The molecule has 0 N–H and O–H groups in total. The van der Waals surface area contributed by atoms with Gasteiger partial charge in [-0.05, 0) is 38.0 Å². The van der Waals surface area contributed by atoms with E-state index in [0.717, 1.165) is 0 Å². The molecular formula is C23H22N2O6. The zero-order valence-corrected chi connectivity index (χ0v) is 17.2. The molecule has 31 heavy (non-hydrogen) atoms. The molecule has 0 fully saturated rings. The van der Waals surface area contributed by atoms with E-state index in [-0.39, 0.29) is 28.5 Å². The highest BCUT2D eigenvalue weighted by Crippen LogP contribution is 2.39. The van der Waals surface area contributed by atoms with Gasteiger partial charge in [-0.1, -0.05) is 24.3 Å². The van der Waals surface area contributed by atoms with Crippen LogP contribution in [0.25, 0.3) is 11.0 Å². The highest BCUT2D eigenvalue weighted by atomic mass is 16.6. The van der Waals surface area contributed by atoms with E-state index in [2.05, 4.69) is 0 Å². The molecular weight excluding hydrogens is 400 g/mol. The van der Waals surface area contributed by atoms with Gasteiger partial charge in [0.2, 0.25) is 5.76 Å². The minimum atomic E-state index is -0.762. The Hall–Kier alpha value is -3.52. The van der Waals surface area contributed by atoms with Crippen molar-refractivity contribution in [1.29, 1.82) is 0 Å². The lowest BCUT2D eigenvalue weighted by molar-refractivity contribution is -0.384. The fourth-order valence-corrected chi connectivity index (χ4v) is 3.91. The number of para-hydroxylation sites is 1. The maximum Gasteiger partial charge on any atom is 0.290 e. The van der Waals surface area contributed by atoms with Gasteiger partial charge in [-0.15, -0.1) is 0 Å². The molecule has 8 heteroatoms. The van der Waals surface area contributed by atoms with E-state index in [1.54, 1.807) is 36.4 Å². The summed E-state index contributed by atoms with van der Waals surface area (Å²) in [6.45, 7) is 4.62. The Kier molecular flexibility index (Phi) is 5.56. The monoisotopic (exact) mass is 422 g/mol. The molecule has 0 spiro atoms. The third kappa shape index (κ3) is 3.82. The van der Waals surface area contributed by atoms with Crippen LogP contribution in [0.1, 0.15) is 48.0 Å². The van der Waals surface area contributed by atoms with Crippen LogP contribution >= 0.6 is 0 Å². The van der Waals surface area contributed by atoms with Crippen LogP contribution in [0.15, 0.2) is 57.7 Å². The van der Waals surface area contributed by atoms with Gasteiger partial charge in [-0.25, -0.2) is 0 Å². The topological polar surface area (TPSA) is 103 Å². The van der Waals surface area contributed by atoms with Gasteiger partial charge in [0.25, 0.3) is 11.6 Å². The van der Waals surface area contributed by atoms with Crippen molar-refractivity contribution in [3.05, 3.63) is 85.8 Å². The van der Waals surface area contributed by atoms with Crippen LogP contribution in [0.5, 0.6) is 0 Å². The quantitative estimate of drug-likeness (QED) is 0.323. The lowest BCUT2D eigenvalue weighted by Crippen LogP contribution is -2.31. The van der Waals surface area contributed by atoms with Crippen LogP contribution < -0.4 is 5.43 Å². The van der Waals surface area contributed by atoms with Gasteiger partial charge in [0.1, 0.15) is 5.58 Å². The summed E-state index contributed by atoms with van der Waals surface area (Å²) >= 11 is 0. The standard InChI is InChI=1S/C23H22N2O6/c1-14(2)30-12-6-11-24-20(15-7-5-8-16(13-15)25(28)29)19-21(26)17-9-3-4-10-18(17)31-22(19)23(24)27/h3-5,7-10,13-14,20H,6,11-12H2,1-2H3/t20-/m1/s1. The minimum Gasteiger partial charge on any atom is -0.450 e. The summed E-state index contributed by atoms with van der Waals surface area (Å²) in [5, 5.41) is 11.7. The number of ether oxygens (including phenoxy) is 1. The summed E-state index contributed by atoms with van der Waals surface area (Å²) in [6, 6.07) is 12.0. The lowest BCUT2D eigenvalue weighted by atomic mass is 9.98. The van der Waals surface area contributed by atoms with Gasteiger partial charge in [0, 0.05) is 25.3 Å². The zero-order chi connectivity index (χ0) is 22.1. The largest absolute Gasteiger partial charge is 0.450 e. The Morgan fingerprint density at radius 3 is 2.68 bits per heavy atom. The van der Waals surface area contributed by atoms with E-state index in [0.29, 0.717) is 36.1 Å². The number of hydrogen-bond donors (Lipinski definition) is 0. The number of nitrogens with zero attached hydrogens (tertiary/aromatic N) is 2. The van der Waals surface area contributed by atoms with E-state index in [4.69, 9.17) is 9.15 Å². The molecule has 1 aliphatic rings. The molecule has 1 aromatic heterocycles. The summed E-state index contributed by atoms with van der Waals surface area (Å²) in [6.07, 6.45) is 0.615. The van der Waals surface area contributed by atoms with Crippen molar-refractivity contribution in [2.24, 2.45) is 0 Å². The number of benzene rings is 2. The van der Waals surface area contributed by atoms with Gasteiger partial charge in [-0.3, -0.25) is 19.7 Å². The van der Waals surface area contributed by atoms with Crippen molar-refractivity contribution >= 4 is 22.6 Å². The molecule has 2 aromatic carbocycles. The molecule has 4 rings (SSSR count). The average Bonchev–Trinajstić information content (AvgIpc) is 3.03. The van der Waals surface area contributed by atoms with Gasteiger partial charge in [-0.2, -0.15) is 0 Å². The first kappa shape index (κ1) is 20.7. The Morgan fingerprint density at radius 1 is 1.16 bits per heavy atom. The molecule has 1 atom stereocenters. The molecule has 2 heterocycles. The second kappa shape index (κ2) is 8.31. The Bertz CT molecular complexity index is 1220. The maximum absolute atomic E-state index is 13.3. The van der Waals surface area contributed by atoms with E-state index in [1.165, 1.54) is 17.0 Å². The van der Waals surface area contributed by atoms with Crippen LogP contribution in [0.3, 0.4) is 0 Å². The molecule has 0 aliphatic carbocycles. The number of nitro groups is 1. The minimum absolute atomic E-state index is 0.00927. The number of carbonyl (C=O) groups is 1. The summed E-state index contributed by atoms with van der Waals surface area (Å²) < 4.78 is 11.4. The number of nitro benzene ring substituents is 1. The van der Waals surface area contributed by atoms with Crippen molar-refractivity contribution in [3.63, 3.8) is 0 Å². The SMILES string of the molecule is CC(C)OCCCN1C(=O)c2oc3ccccc3c(=O)c2[C@H]1c1cccc([N+](=O)[O-])c1. The third-order valence-electron chi connectivity index (χ3n) is 5.26. The lowest BCUT2D eigenvalue weighted by Gasteiger charge is -2.25. The number of hydrogen-bond acceptors (Lipinski definition) is 6. The number of rotatable bonds is 7. The molecule has 160 valence electrons. The third-order valence-corrected chi connectivity index (χ3v) is 5.26.